The molecule has 1 aromatic heterocycles. The van der Waals surface area contributed by atoms with Gasteiger partial charge in [0.2, 0.25) is 0 Å². The summed E-state index contributed by atoms with van der Waals surface area (Å²) in [6.07, 6.45) is 1.74. The molecule has 1 amide bonds. The number of ether oxygens (including phenoxy) is 1. The maximum absolute atomic E-state index is 12.6. The predicted molar refractivity (Wildman–Crippen MR) is 92.5 cm³/mol. The highest BCUT2D eigenvalue weighted by atomic mass is 35.5. The summed E-state index contributed by atoms with van der Waals surface area (Å²) in [7, 11) is 3.33. The third kappa shape index (κ3) is 3.59. The number of methoxy groups -OCH3 is 1. The van der Waals surface area contributed by atoms with Gasteiger partial charge in [-0.05, 0) is 26.0 Å². The van der Waals surface area contributed by atoms with E-state index in [4.69, 9.17) is 27.9 Å². The molecule has 2 aromatic rings. The Hall–Kier alpha value is -1.78. The van der Waals surface area contributed by atoms with Crippen molar-refractivity contribution in [2.24, 2.45) is 0 Å². The number of rotatable bonds is 4. The molecular formula is C17H18Cl2N2O2. The maximum atomic E-state index is 12.6. The van der Waals surface area contributed by atoms with E-state index in [1.165, 1.54) is 0 Å². The zero-order valence-electron chi connectivity index (χ0n) is 13.5. The van der Waals surface area contributed by atoms with Crippen LogP contribution >= 0.6 is 23.2 Å². The first kappa shape index (κ1) is 17.6. The molecule has 0 unspecified atom stereocenters. The number of carbonyl (C=O) groups excluding carboxylic acids is 1. The minimum Gasteiger partial charge on any atom is -0.496 e. The van der Waals surface area contributed by atoms with Gasteiger partial charge in [0.1, 0.15) is 5.75 Å². The summed E-state index contributed by atoms with van der Waals surface area (Å²) in [5.74, 6) is 0.579. The molecule has 1 heterocycles. The van der Waals surface area contributed by atoms with Crippen molar-refractivity contribution in [2.75, 3.05) is 14.2 Å². The molecule has 0 radical (unpaired) electrons. The molecule has 23 heavy (non-hydrogen) atoms. The fraction of sp³-hybridized carbons (Fsp3) is 0.294. The van der Waals surface area contributed by atoms with Gasteiger partial charge in [-0.2, -0.15) is 0 Å². The average Bonchev–Trinajstić information content (AvgIpc) is 2.52. The summed E-state index contributed by atoms with van der Waals surface area (Å²) in [4.78, 5) is 18.5. The SMILES string of the molecule is COc1c(C)cnc(CN(C)C(=O)c2cccc(Cl)c2Cl)c1C. The Morgan fingerprint density at radius 1 is 1.30 bits per heavy atom. The van der Waals surface area contributed by atoms with Gasteiger partial charge in [-0.15, -0.1) is 0 Å². The second-order valence-electron chi connectivity index (χ2n) is 5.31. The molecule has 0 saturated carbocycles. The molecule has 4 nitrogen and oxygen atoms in total. The van der Waals surface area contributed by atoms with Crippen LogP contribution in [0.4, 0.5) is 0 Å². The van der Waals surface area contributed by atoms with Gasteiger partial charge in [-0.25, -0.2) is 0 Å². The van der Waals surface area contributed by atoms with E-state index in [0.29, 0.717) is 17.1 Å². The van der Waals surface area contributed by atoms with Gasteiger partial charge in [-0.1, -0.05) is 29.3 Å². The lowest BCUT2D eigenvalue weighted by molar-refractivity contribution is 0.0783. The Labute approximate surface area is 146 Å². The minimum absolute atomic E-state index is 0.210. The van der Waals surface area contributed by atoms with Crippen LogP contribution in [0.1, 0.15) is 27.2 Å². The van der Waals surface area contributed by atoms with Crippen LogP contribution in [0.2, 0.25) is 10.0 Å². The maximum Gasteiger partial charge on any atom is 0.255 e. The van der Waals surface area contributed by atoms with Crippen LogP contribution in [0.15, 0.2) is 24.4 Å². The Kier molecular flexibility index (Phi) is 5.50. The van der Waals surface area contributed by atoms with Crippen LogP contribution in [0.5, 0.6) is 5.75 Å². The van der Waals surface area contributed by atoms with Crippen molar-refractivity contribution >= 4 is 29.1 Å². The number of amides is 1. The highest BCUT2D eigenvalue weighted by Crippen LogP contribution is 2.28. The van der Waals surface area contributed by atoms with E-state index in [9.17, 15) is 4.79 Å². The van der Waals surface area contributed by atoms with Gasteiger partial charge in [0.25, 0.3) is 5.91 Å². The second-order valence-corrected chi connectivity index (χ2v) is 6.09. The fourth-order valence-electron chi connectivity index (χ4n) is 2.40. The van der Waals surface area contributed by atoms with Crippen LogP contribution in [-0.4, -0.2) is 29.9 Å². The molecule has 1 aromatic carbocycles. The van der Waals surface area contributed by atoms with Crippen LogP contribution in [0.25, 0.3) is 0 Å². The third-order valence-electron chi connectivity index (χ3n) is 3.67. The van der Waals surface area contributed by atoms with E-state index in [0.717, 1.165) is 22.6 Å². The lowest BCUT2D eigenvalue weighted by Crippen LogP contribution is -2.27. The van der Waals surface area contributed by atoms with E-state index in [-0.39, 0.29) is 10.9 Å². The van der Waals surface area contributed by atoms with Crippen molar-refractivity contribution < 1.29 is 9.53 Å². The Morgan fingerprint density at radius 2 is 2.00 bits per heavy atom. The molecule has 0 fully saturated rings. The largest absolute Gasteiger partial charge is 0.496 e. The van der Waals surface area contributed by atoms with Crippen LogP contribution in [-0.2, 0) is 6.54 Å². The lowest BCUT2D eigenvalue weighted by atomic mass is 10.1. The molecule has 122 valence electrons. The number of hydrogen-bond donors (Lipinski definition) is 0. The molecule has 0 N–H and O–H groups in total. The van der Waals surface area contributed by atoms with Gasteiger partial charge in [-0.3, -0.25) is 9.78 Å². The molecule has 0 spiro atoms. The Morgan fingerprint density at radius 3 is 2.65 bits per heavy atom. The molecule has 6 heteroatoms. The zero-order chi connectivity index (χ0) is 17.1. The highest BCUT2D eigenvalue weighted by Gasteiger charge is 2.19. The van der Waals surface area contributed by atoms with Crippen molar-refractivity contribution in [1.29, 1.82) is 0 Å². The summed E-state index contributed by atoms with van der Waals surface area (Å²) in [5, 5.41) is 0.620. The first-order valence-electron chi connectivity index (χ1n) is 7.05. The summed E-state index contributed by atoms with van der Waals surface area (Å²) in [5.41, 5.74) is 3.03. The zero-order valence-corrected chi connectivity index (χ0v) is 15.0. The first-order chi connectivity index (χ1) is 10.9. The lowest BCUT2D eigenvalue weighted by Gasteiger charge is -2.20. The first-order valence-corrected chi connectivity index (χ1v) is 7.81. The summed E-state index contributed by atoms with van der Waals surface area (Å²) < 4.78 is 5.40. The number of aryl methyl sites for hydroxylation is 1. The molecule has 0 aliphatic rings. The van der Waals surface area contributed by atoms with Crippen molar-refractivity contribution in [3.63, 3.8) is 0 Å². The van der Waals surface area contributed by atoms with Crippen molar-refractivity contribution in [1.82, 2.24) is 9.88 Å². The monoisotopic (exact) mass is 352 g/mol. The molecule has 0 aliphatic carbocycles. The van der Waals surface area contributed by atoms with Gasteiger partial charge < -0.3 is 9.64 Å². The van der Waals surface area contributed by atoms with E-state index in [2.05, 4.69) is 4.98 Å². The summed E-state index contributed by atoms with van der Waals surface area (Å²) in [6, 6.07) is 5.01. The molecule has 0 aliphatic heterocycles. The van der Waals surface area contributed by atoms with Crippen LogP contribution < -0.4 is 4.74 Å². The Bertz CT molecular complexity index is 748. The van der Waals surface area contributed by atoms with Crippen molar-refractivity contribution in [3.05, 3.63) is 56.8 Å². The number of carbonyl (C=O) groups is 1. The molecule has 0 bridgehead atoms. The van der Waals surface area contributed by atoms with E-state index in [1.807, 2.05) is 13.8 Å². The Balaban J connectivity index is 2.27. The van der Waals surface area contributed by atoms with E-state index >= 15 is 0 Å². The molecule has 0 atom stereocenters. The fourth-order valence-corrected chi connectivity index (χ4v) is 2.78. The molecule has 0 saturated heterocycles. The standard InChI is InChI=1S/C17H18Cl2N2O2/c1-10-8-20-14(11(2)16(10)23-4)9-21(3)17(22)12-6-5-7-13(18)15(12)19/h5-8H,9H2,1-4H3. The number of hydrogen-bond acceptors (Lipinski definition) is 3. The molecular weight excluding hydrogens is 335 g/mol. The third-order valence-corrected chi connectivity index (χ3v) is 4.48. The van der Waals surface area contributed by atoms with Gasteiger partial charge in [0.15, 0.2) is 0 Å². The van der Waals surface area contributed by atoms with Crippen LogP contribution in [0.3, 0.4) is 0 Å². The second kappa shape index (κ2) is 7.20. The van der Waals surface area contributed by atoms with Gasteiger partial charge in [0, 0.05) is 24.4 Å². The quantitative estimate of drug-likeness (QED) is 0.824. The number of halogens is 2. The molecule has 2 rings (SSSR count). The van der Waals surface area contributed by atoms with Gasteiger partial charge in [0.05, 0.1) is 35.0 Å². The summed E-state index contributed by atoms with van der Waals surface area (Å²) >= 11 is 12.1. The number of benzene rings is 1. The predicted octanol–water partition coefficient (Wildman–Crippen LogP) is 4.29. The van der Waals surface area contributed by atoms with Crippen molar-refractivity contribution in [2.45, 2.75) is 20.4 Å². The average molecular weight is 353 g/mol. The summed E-state index contributed by atoms with van der Waals surface area (Å²) in [6.45, 7) is 4.21. The normalized spacial score (nSPS) is 10.5. The van der Waals surface area contributed by atoms with E-state index in [1.54, 1.807) is 43.5 Å². The smallest absolute Gasteiger partial charge is 0.255 e. The van der Waals surface area contributed by atoms with Gasteiger partial charge >= 0.3 is 0 Å². The highest BCUT2D eigenvalue weighted by molar-refractivity contribution is 6.43. The number of aromatic nitrogens is 1. The minimum atomic E-state index is -0.210. The number of pyridine rings is 1. The number of nitrogens with zero attached hydrogens (tertiary/aromatic N) is 2. The van der Waals surface area contributed by atoms with Crippen LogP contribution in [0, 0.1) is 13.8 Å². The topological polar surface area (TPSA) is 42.4 Å². The van der Waals surface area contributed by atoms with E-state index < -0.39 is 0 Å². The van der Waals surface area contributed by atoms with Crippen molar-refractivity contribution in [3.8, 4) is 5.75 Å².